The third-order valence-corrected chi connectivity index (χ3v) is 2.28. The van der Waals surface area contributed by atoms with Crippen molar-refractivity contribution in [3.05, 3.63) is 23.8 Å². The van der Waals surface area contributed by atoms with Crippen molar-refractivity contribution in [3.63, 3.8) is 0 Å². The van der Waals surface area contributed by atoms with Crippen molar-refractivity contribution >= 4 is 23.4 Å². The van der Waals surface area contributed by atoms with Crippen molar-refractivity contribution in [1.82, 2.24) is 5.32 Å². The molecule has 1 aromatic carbocycles. The minimum absolute atomic E-state index is 0.178. The lowest BCUT2D eigenvalue weighted by atomic mass is 10.2. The maximum absolute atomic E-state index is 11.7. The van der Waals surface area contributed by atoms with Gasteiger partial charge >= 0.3 is 6.09 Å². The number of nitrogen functional groups attached to an aromatic ring is 1. The van der Waals surface area contributed by atoms with Crippen LogP contribution in [-0.4, -0.2) is 24.1 Å². The molecule has 0 bridgehead atoms. The van der Waals surface area contributed by atoms with Crippen LogP contribution >= 0.6 is 0 Å². The van der Waals surface area contributed by atoms with E-state index in [0.29, 0.717) is 11.4 Å². The number of benzene rings is 1. The van der Waals surface area contributed by atoms with Gasteiger partial charge in [-0.25, -0.2) is 4.79 Å². The van der Waals surface area contributed by atoms with Crippen molar-refractivity contribution in [2.45, 2.75) is 33.3 Å². The molecule has 2 amide bonds. The Kier molecular flexibility index (Phi) is 4.96. The SMILES string of the molecule is Cc1ccc(N)c(NC(=O)CNC(=O)OC(C)(C)C)c1. The number of nitrogens with two attached hydrogens (primary N) is 1. The summed E-state index contributed by atoms with van der Waals surface area (Å²) in [7, 11) is 0. The lowest BCUT2D eigenvalue weighted by molar-refractivity contribution is -0.115. The average molecular weight is 279 g/mol. The summed E-state index contributed by atoms with van der Waals surface area (Å²) in [4.78, 5) is 23.1. The molecule has 1 rings (SSSR count). The fraction of sp³-hybridized carbons (Fsp3) is 0.429. The lowest BCUT2D eigenvalue weighted by Gasteiger charge is -2.19. The van der Waals surface area contributed by atoms with Crippen molar-refractivity contribution in [3.8, 4) is 0 Å². The van der Waals surface area contributed by atoms with Crippen LogP contribution in [-0.2, 0) is 9.53 Å². The Hall–Kier alpha value is -2.24. The Bertz CT molecular complexity index is 507. The molecule has 0 heterocycles. The summed E-state index contributed by atoms with van der Waals surface area (Å²) in [5.41, 5.74) is 7.14. The predicted molar refractivity (Wildman–Crippen MR) is 78.5 cm³/mol. The molecule has 110 valence electrons. The molecule has 0 saturated carbocycles. The summed E-state index contributed by atoms with van der Waals surface area (Å²) >= 11 is 0. The van der Waals surface area contributed by atoms with Gasteiger partial charge in [-0.1, -0.05) is 6.07 Å². The first-order valence-electron chi connectivity index (χ1n) is 6.30. The van der Waals surface area contributed by atoms with E-state index in [1.54, 1.807) is 32.9 Å². The van der Waals surface area contributed by atoms with Gasteiger partial charge in [0.1, 0.15) is 12.1 Å². The van der Waals surface area contributed by atoms with Crippen LogP contribution in [0.25, 0.3) is 0 Å². The molecule has 0 spiro atoms. The molecule has 4 N–H and O–H groups in total. The summed E-state index contributed by atoms with van der Waals surface area (Å²) < 4.78 is 5.03. The molecular formula is C14H21N3O3. The fourth-order valence-corrected chi connectivity index (χ4v) is 1.44. The van der Waals surface area contributed by atoms with Gasteiger partial charge in [0, 0.05) is 0 Å². The van der Waals surface area contributed by atoms with Gasteiger partial charge in [0.2, 0.25) is 5.91 Å². The monoisotopic (exact) mass is 279 g/mol. The number of carbonyl (C=O) groups excluding carboxylic acids is 2. The molecule has 0 unspecified atom stereocenters. The molecule has 0 fully saturated rings. The summed E-state index contributed by atoms with van der Waals surface area (Å²) in [6.07, 6.45) is -0.634. The van der Waals surface area contributed by atoms with Crippen LogP contribution in [0.3, 0.4) is 0 Å². The number of ether oxygens (including phenoxy) is 1. The number of alkyl carbamates (subject to hydrolysis) is 1. The first-order chi connectivity index (χ1) is 9.17. The maximum Gasteiger partial charge on any atom is 0.408 e. The highest BCUT2D eigenvalue weighted by atomic mass is 16.6. The molecular weight excluding hydrogens is 258 g/mol. The van der Waals surface area contributed by atoms with Gasteiger partial charge in [0.05, 0.1) is 11.4 Å². The third kappa shape index (κ3) is 5.60. The third-order valence-electron chi connectivity index (χ3n) is 2.28. The first kappa shape index (κ1) is 15.8. The van der Waals surface area contributed by atoms with Crippen LogP contribution in [0, 0.1) is 6.92 Å². The molecule has 1 aromatic rings. The van der Waals surface area contributed by atoms with Crippen molar-refractivity contribution in [2.75, 3.05) is 17.6 Å². The van der Waals surface area contributed by atoms with Crippen LogP contribution in [0.15, 0.2) is 18.2 Å². The highest BCUT2D eigenvalue weighted by Gasteiger charge is 2.16. The van der Waals surface area contributed by atoms with E-state index in [2.05, 4.69) is 10.6 Å². The van der Waals surface area contributed by atoms with E-state index < -0.39 is 11.7 Å². The van der Waals surface area contributed by atoms with Gasteiger partial charge in [-0.05, 0) is 45.4 Å². The van der Waals surface area contributed by atoms with Crippen LogP contribution in [0.5, 0.6) is 0 Å². The highest BCUT2D eigenvalue weighted by Crippen LogP contribution is 2.19. The van der Waals surface area contributed by atoms with E-state index in [1.807, 2.05) is 13.0 Å². The van der Waals surface area contributed by atoms with E-state index in [0.717, 1.165) is 5.56 Å². The van der Waals surface area contributed by atoms with Crippen LogP contribution in [0.2, 0.25) is 0 Å². The Balaban J connectivity index is 2.48. The fourth-order valence-electron chi connectivity index (χ4n) is 1.44. The molecule has 0 radical (unpaired) electrons. The second-order valence-electron chi connectivity index (χ2n) is 5.49. The maximum atomic E-state index is 11.7. The predicted octanol–water partition coefficient (Wildman–Crippen LogP) is 2.04. The van der Waals surface area contributed by atoms with Crippen molar-refractivity contribution in [1.29, 1.82) is 0 Å². The number of hydrogen-bond acceptors (Lipinski definition) is 4. The second-order valence-corrected chi connectivity index (χ2v) is 5.49. The van der Waals surface area contributed by atoms with Gasteiger partial charge in [0.25, 0.3) is 0 Å². The van der Waals surface area contributed by atoms with Gasteiger partial charge in [-0.3, -0.25) is 4.79 Å². The van der Waals surface area contributed by atoms with Gasteiger partial charge in [-0.2, -0.15) is 0 Å². The van der Waals surface area contributed by atoms with E-state index in [1.165, 1.54) is 0 Å². The number of anilines is 2. The van der Waals surface area contributed by atoms with Gasteiger partial charge in [0.15, 0.2) is 0 Å². The average Bonchev–Trinajstić information content (AvgIpc) is 2.29. The second kappa shape index (κ2) is 6.27. The Labute approximate surface area is 118 Å². The van der Waals surface area contributed by atoms with E-state index >= 15 is 0 Å². The molecule has 0 atom stereocenters. The zero-order chi connectivity index (χ0) is 15.3. The first-order valence-corrected chi connectivity index (χ1v) is 6.30. The van der Waals surface area contributed by atoms with Crippen LogP contribution in [0.1, 0.15) is 26.3 Å². The largest absolute Gasteiger partial charge is 0.444 e. The summed E-state index contributed by atoms with van der Waals surface area (Å²) in [5.74, 6) is -0.367. The van der Waals surface area contributed by atoms with Crippen molar-refractivity contribution < 1.29 is 14.3 Å². The molecule has 0 aromatic heterocycles. The number of hydrogen-bond donors (Lipinski definition) is 3. The van der Waals surface area contributed by atoms with E-state index in [9.17, 15) is 9.59 Å². The quantitative estimate of drug-likeness (QED) is 0.738. The highest BCUT2D eigenvalue weighted by molar-refractivity contribution is 5.96. The molecule has 0 aliphatic heterocycles. The zero-order valence-corrected chi connectivity index (χ0v) is 12.2. The Morgan fingerprint density at radius 3 is 2.55 bits per heavy atom. The van der Waals surface area contributed by atoms with E-state index in [-0.39, 0.29) is 12.5 Å². The minimum atomic E-state index is -0.634. The smallest absolute Gasteiger partial charge is 0.408 e. The number of nitrogens with one attached hydrogen (secondary N) is 2. The van der Waals surface area contributed by atoms with E-state index in [4.69, 9.17) is 10.5 Å². The van der Waals surface area contributed by atoms with Crippen molar-refractivity contribution in [2.24, 2.45) is 0 Å². The Morgan fingerprint density at radius 1 is 1.30 bits per heavy atom. The number of amides is 2. The summed E-state index contributed by atoms with van der Waals surface area (Å²) in [5, 5.41) is 5.01. The number of rotatable bonds is 3. The molecule has 0 aliphatic rings. The molecule has 0 aliphatic carbocycles. The normalized spacial score (nSPS) is 10.8. The topological polar surface area (TPSA) is 93.5 Å². The minimum Gasteiger partial charge on any atom is -0.444 e. The number of aryl methyl sites for hydroxylation is 1. The van der Waals surface area contributed by atoms with Crippen LogP contribution < -0.4 is 16.4 Å². The lowest BCUT2D eigenvalue weighted by Crippen LogP contribution is -2.37. The molecule has 6 heteroatoms. The Morgan fingerprint density at radius 2 is 1.95 bits per heavy atom. The van der Waals surface area contributed by atoms with Gasteiger partial charge in [-0.15, -0.1) is 0 Å². The number of carbonyl (C=O) groups is 2. The standard InChI is InChI=1S/C14H21N3O3/c1-9-5-6-10(15)11(7-9)17-12(18)8-16-13(19)20-14(2,3)4/h5-7H,8,15H2,1-4H3,(H,16,19)(H,17,18). The summed E-state index contributed by atoms with van der Waals surface area (Å²) in [6.45, 7) is 6.97. The van der Waals surface area contributed by atoms with Crippen LogP contribution in [0.4, 0.5) is 16.2 Å². The van der Waals surface area contributed by atoms with Gasteiger partial charge < -0.3 is 21.1 Å². The molecule has 20 heavy (non-hydrogen) atoms. The molecule has 0 saturated heterocycles. The zero-order valence-electron chi connectivity index (χ0n) is 12.2. The summed E-state index contributed by atoms with van der Waals surface area (Å²) in [6, 6.07) is 5.33. The molecule has 6 nitrogen and oxygen atoms in total.